The molecule has 0 aliphatic heterocycles. The first-order chi connectivity index (χ1) is 7.55. The molecule has 16 heavy (non-hydrogen) atoms. The normalized spacial score (nSPS) is 26.8. The third-order valence-corrected chi connectivity index (χ3v) is 5.16. The summed E-state index contributed by atoms with van der Waals surface area (Å²) in [5, 5.41) is 0. The molecule has 2 unspecified atom stereocenters. The summed E-state index contributed by atoms with van der Waals surface area (Å²) in [6, 6.07) is 0. The van der Waals surface area contributed by atoms with Crippen LogP contribution in [0.25, 0.3) is 0 Å². The first-order valence-electron chi connectivity index (χ1n) is 7.55. The maximum absolute atomic E-state index is 2.57. The fraction of sp³-hybridized carbons (Fsp3) is 1.00. The van der Waals surface area contributed by atoms with E-state index in [9.17, 15) is 0 Å². The fourth-order valence-electron chi connectivity index (χ4n) is 3.59. The molecule has 0 bridgehead atoms. The van der Waals surface area contributed by atoms with Crippen molar-refractivity contribution >= 4 is 0 Å². The molecule has 2 saturated carbocycles. The zero-order valence-corrected chi connectivity index (χ0v) is 11.8. The van der Waals surface area contributed by atoms with Gasteiger partial charge in [-0.1, -0.05) is 34.1 Å². The minimum Gasteiger partial charge on any atom is -0.0649 e. The van der Waals surface area contributed by atoms with Gasteiger partial charge in [0.15, 0.2) is 0 Å². The van der Waals surface area contributed by atoms with E-state index < -0.39 is 0 Å². The maximum atomic E-state index is 2.57. The molecule has 94 valence electrons. The van der Waals surface area contributed by atoms with E-state index in [0.717, 1.165) is 23.7 Å². The van der Waals surface area contributed by atoms with Gasteiger partial charge in [-0.25, -0.2) is 0 Å². The average Bonchev–Trinajstić information content (AvgIpc) is 3.03. The molecular formula is C16H30. The van der Waals surface area contributed by atoms with E-state index in [-0.39, 0.29) is 0 Å². The van der Waals surface area contributed by atoms with Gasteiger partial charge in [0, 0.05) is 0 Å². The molecule has 0 nitrogen and oxygen atoms in total. The second-order valence-electron chi connectivity index (χ2n) is 7.21. The largest absolute Gasteiger partial charge is 0.0649 e. The van der Waals surface area contributed by atoms with Crippen LogP contribution in [0.5, 0.6) is 0 Å². The van der Waals surface area contributed by atoms with Crippen LogP contribution in [0.1, 0.15) is 72.6 Å². The molecule has 0 aromatic heterocycles. The Bertz CT molecular complexity index is 222. The zero-order valence-electron chi connectivity index (χ0n) is 11.8. The van der Waals surface area contributed by atoms with Crippen LogP contribution >= 0.6 is 0 Å². The van der Waals surface area contributed by atoms with Gasteiger partial charge in [-0.2, -0.15) is 0 Å². The highest BCUT2D eigenvalue weighted by molar-refractivity contribution is 4.94. The molecule has 0 N–H and O–H groups in total. The standard InChI is InChI=1S/C16H30/c1-5-16(4,15-8-9-15)11-14(10-12(2)3)13-6-7-13/h12-15H,5-11H2,1-4H3. The van der Waals surface area contributed by atoms with Gasteiger partial charge in [0.2, 0.25) is 0 Å². The number of rotatable bonds is 7. The SMILES string of the molecule is CCC(C)(CC(CC(C)C)C1CC1)C1CC1. The van der Waals surface area contributed by atoms with Crippen LogP contribution in [-0.2, 0) is 0 Å². The summed E-state index contributed by atoms with van der Waals surface area (Å²) in [7, 11) is 0. The molecule has 0 spiro atoms. The van der Waals surface area contributed by atoms with E-state index in [1.807, 2.05) is 0 Å². The monoisotopic (exact) mass is 222 g/mol. The highest BCUT2D eigenvalue weighted by Crippen LogP contribution is 2.54. The second-order valence-corrected chi connectivity index (χ2v) is 7.21. The van der Waals surface area contributed by atoms with Gasteiger partial charge >= 0.3 is 0 Å². The Kier molecular flexibility index (Phi) is 3.66. The molecule has 0 aromatic rings. The van der Waals surface area contributed by atoms with Crippen molar-refractivity contribution in [3.63, 3.8) is 0 Å². The molecule has 0 saturated heterocycles. The van der Waals surface area contributed by atoms with Gasteiger partial charge in [0.05, 0.1) is 0 Å². The lowest BCUT2D eigenvalue weighted by Gasteiger charge is -2.34. The Morgan fingerprint density at radius 1 is 1.12 bits per heavy atom. The van der Waals surface area contributed by atoms with Crippen molar-refractivity contribution in [2.45, 2.75) is 72.6 Å². The molecular weight excluding hydrogens is 192 g/mol. The van der Waals surface area contributed by atoms with Crippen LogP contribution < -0.4 is 0 Å². The molecule has 0 heteroatoms. The Morgan fingerprint density at radius 2 is 1.75 bits per heavy atom. The van der Waals surface area contributed by atoms with Crippen LogP contribution in [0, 0.1) is 29.1 Å². The first kappa shape index (κ1) is 12.5. The lowest BCUT2D eigenvalue weighted by molar-refractivity contribution is 0.166. The van der Waals surface area contributed by atoms with Gasteiger partial charge < -0.3 is 0 Å². The maximum Gasteiger partial charge on any atom is -0.0297 e. The second kappa shape index (κ2) is 4.70. The predicted molar refractivity (Wildman–Crippen MR) is 71.4 cm³/mol. The van der Waals surface area contributed by atoms with E-state index in [4.69, 9.17) is 0 Å². The van der Waals surface area contributed by atoms with Crippen LogP contribution in [-0.4, -0.2) is 0 Å². The molecule has 0 heterocycles. The van der Waals surface area contributed by atoms with Gasteiger partial charge in [-0.15, -0.1) is 0 Å². The van der Waals surface area contributed by atoms with Gasteiger partial charge in [-0.05, 0) is 67.6 Å². The van der Waals surface area contributed by atoms with Crippen LogP contribution in [0.3, 0.4) is 0 Å². The summed E-state index contributed by atoms with van der Waals surface area (Å²) in [6.45, 7) is 9.78. The minimum atomic E-state index is 0.683. The van der Waals surface area contributed by atoms with Crippen molar-refractivity contribution in [3.8, 4) is 0 Å². The lowest BCUT2D eigenvalue weighted by Crippen LogP contribution is -2.24. The van der Waals surface area contributed by atoms with Crippen LogP contribution in [0.15, 0.2) is 0 Å². The van der Waals surface area contributed by atoms with Crippen molar-refractivity contribution in [3.05, 3.63) is 0 Å². The van der Waals surface area contributed by atoms with E-state index >= 15 is 0 Å². The summed E-state index contributed by atoms with van der Waals surface area (Å²) in [5.41, 5.74) is 0.683. The van der Waals surface area contributed by atoms with Crippen molar-refractivity contribution in [1.29, 1.82) is 0 Å². The summed E-state index contributed by atoms with van der Waals surface area (Å²) in [4.78, 5) is 0. The molecule has 0 amide bonds. The molecule has 2 aliphatic carbocycles. The van der Waals surface area contributed by atoms with Crippen molar-refractivity contribution in [1.82, 2.24) is 0 Å². The van der Waals surface area contributed by atoms with E-state index in [2.05, 4.69) is 27.7 Å². The third kappa shape index (κ3) is 3.02. The number of hydrogen-bond acceptors (Lipinski definition) is 0. The van der Waals surface area contributed by atoms with Crippen molar-refractivity contribution in [2.24, 2.45) is 29.1 Å². The molecule has 2 aliphatic rings. The quantitative estimate of drug-likeness (QED) is 0.550. The smallest absolute Gasteiger partial charge is 0.0297 e. The third-order valence-electron chi connectivity index (χ3n) is 5.16. The fourth-order valence-corrected chi connectivity index (χ4v) is 3.59. The van der Waals surface area contributed by atoms with Gasteiger partial charge in [-0.3, -0.25) is 0 Å². The molecule has 0 aromatic carbocycles. The first-order valence-corrected chi connectivity index (χ1v) is 7.55. The molecule has 2 atom stereocenters. The Hall–Kier alpha value is 0. The lowest BCUT2D eigenvalue weighted by atomic mass is 9.72. The Balaban J connectivity index is 1.92. The summed E-state index contributed by atoms with van der Waals surface area (Å²) in [5.74, 6) is 4.12. The minimum absolute atomic E-state index is 0.683. The number of hydrogen-bond donors (Lipinski definition) is 0. The van der Waals surface area contributed by atoms with Gasteiger partial charge in [0.25, 0.3) is 0 Å². The zero-order chi connectivity index (χ0) is 11.8. The molecule has 2 rings (SSSR count). The summed E-state index contributed by atoms with van der Waals surface area (Å²) >= 11 is 0. The van der Waals surface area contributed by atoms with E-state index in [1.165, 1.54) is 44.9 Å². The highest BCUT2D eigenvalue weighted by Gasteiger charge is 2.43. The van der Waals surface area contributed by atoms with Crippen LogP contribution in [0.4, 0.5) is 0 Å². The Labute approximate surface area is 102 Å². The topological polar surface area (TPSA) is 0 Å². The predicted octanol–water partition coefficient (Wildman–Crippen LogP) is 5.28. The van der Waals surface area contributed by atoms with E-state index in [1.54, 1.807) is 0 Å². The van der Waals surface area contributed by atoms with Crippen LogP contribution in [0.2, 0.25) is 0 Å². The van der Waals surface area contributed by atoms with Crippen molar-refractivity contribution in [2.75, 3.05) is 0 Å². The van der Waals surface area contributed by atoms with Gasteiger partial charge in [0.1, 0.15) is 0 Å². The highest BCUT2D eigenvalue weighted by atomic mass is 14.5. The Morgan fingerprint density at radius 3 is 2.12 bits per heavy atom. The summed E-state index contributed by atoms with van der Waals surface area (Å²) in [6.07, 6.45) is 10.5. The van der Waals surface area contributed by atoms with E-state index in [0.29, 0.717) is 5.41 Å². The average molecular weight is 222 g/mol. The van der Waals surface area contributed by atoms with Crippen molar-refractivity contribution < 1.29 is 0 Å². The molecule has 0 radical (unpaired) electrons. The molecule has 2 fully saturated rings. The summed E-state index contributed by atoms with van der Waals surface area (Å²) < 4.78 is 0.